The molecule has 0 aliphatic carbocycles. The highest BCUT2D eigenvalue weighted by molar-refractivity contribution is 5.95. The molecule has 0 bridgehead atoms. The van der Waals surface area contributed by atoms with Crippen molar-refractivity contribution < 1.29 is 19.4 Å². The van der Waals surface area contributed by atoms with Gasteiger partial charge >= 0.3 is 0 Å². The monoisotopic (exact) mass is 409 g/mol. The first-order chi connectivity index (χ1) is 14.4. The molecule has 0 radical (unpaired) electrons. The molecule has 0 fully saturated rings. The molecule has 3 rings (SSSR count). The maximum atomic E-state index is 12.4. The van der Waals surface area contributed by atoms with E-state index in [0.29, 0.717) is 17.1 Å². The van der Waals surface area contributed by atoms with Crippen LogP contribution >= 0.6 is 0 Å². The molecule has 0 aliphatic rings. The number of non-ortho nitro benzene ring substituents is 2. The lowest BCUT2D eigenvalue weighted by atomic mass is 10.1. The van der Waals surface area contributed by atoms with Crippen LogP contribution in [0.25, 0.3) is 11.3 Å². The van der Waals surface area contributed by atoms with Crippen molar-refractivity contribution in [3.05, 3.63) is 86.3 Å². The number of nitro benzene ring substituents is 2. The van der Waals surface area contributed by atoms with E-state index >= 15 is 0 Å². The molecule has 1 amide bonds. The van der Waals surface area contributed by atoms with Crippen LogP contribution in [0.3, 0.4) is 0 Å². The zero-order valence-corrected chi connectivity index (χ0v) is 15.6. The van der Waals surface area contributed by atoms with E-state index in [9.17, 15) is 25.0 Å². The molecule has 1 aromatic heterocycles. The Balaban J connectivity index is 1.76. The second-order valence-electron chi connectivity index (χ2n) is 6.06. The number of amides is 1. The average Bonchev–Trinajstić information content (AvgIpc) is 2.77. The van der Waals surface area contributed by atoms with Gasteiger partial charge in [-0.05, 0) is 30.3 Å². The normalized spacial score (nSPS) is 10.3. The predicted molar refractivity (Wildman–Crippen MR) is 105 cm³/mol. The third kappa shape index (κ3) is 4.70. The van der Waals surface area contributed by atoms with Gasteiger partial charge in [-0.15, -0.1) is 0 Å². The van der Waals surface area contributed by atoms with E-state index in [1.165, 1.54) is 6.33 Å². The van der Waals surface area contributed by atoms with E-state index in [0.717, 1.165) is 23.8 Å². The van der Waals surface area contributed by atoms with Crippen LogP contribution in [-0.4, -0.2) is 32.8 Å². The fourth-order valence-electron chi connectivity index (χ4n) is 2.62. The summed E-state index contributed by atoms with van der Waals surface area (Å²) in [6.07, 6.45) is 1.35. The van der Waals surface area contributed by atoms with Gasteiger partial charge in [0.1, 0.15) is 12.1 Å². The van der Waals surface area contributed by atoms with Gasteiger partial charge in [0.25, 0.3) is 17.3 Å². The standard InChI is InChI=1S/C19H15N5O6/c1-30-17-4-2-12(3-5-17)18-8-14(21-11-22-18)10-20-19(25)13-6-15(23(26)27)9-16(7-13)24(28)29/h2-9,11H,10H2,1H3,(H,20,25). The maximum absolute atomic E-state index is 12.4. The number of ether oxygens (including phenoxy) is 1. The number of nitrogens with zero attached hydrogens (tertiary/aromatic N) is 4. The Kier molecular flexibility index (Phi) is 5.92. The molecule has 0 atom stereocenters. The highest BCUT2D eigenvalue weighted by atomic mass is 16.6. The summed E-state index contributed by atoms with van der Waals surface area (Å²) < 4.78 is 5.12. The van der Waals surface area contributed by atoms with E-state index < -0.39 is 27.1 Å². The summed E-state index contributed by atoms with van der Waals surface area (Å²) in [5, 5.41) is 24.5. The molecular weight excluding hydrogens is 394 g/mol. The highest BCUT2D eigenvalue weighted by Crippen LogP contribution is 2.23. The Hall–Kier alpha value is -4.41. The van der Waals surface area contributed by atoms with Gasteiger partial charge in [0.05, 0.1) is 46.5 Å². The minimum Gasteiger partial charge on any atom is -0.497 e. The van der Waals surface area contributed by atoms with Crippen molar-refractivity contribution in [3.63, 3.8) is 0 Å². The van der Waals surface area contributed by atoms with Crippen molar-refractivity contribution in [1.82, 2.24) is 15.3 Å². The Morgan fingerprint density at radius 3 is 2.20 bits per heavy atom. The van der Waals surface area contributed by atoms with Crippen LogP contribution < -0.4 is 10.1 Å². The van der Waals surface area contributed by atoms with Gasteiger partial charge in [0.15, 0.2) is 0 Å². The van der Waals surface area contributed by atoms with Crippen molar-refractivity contribution in [2.24, 2.45) is 0 Å². The summed E-state index contributed by atoms with van der Waals surface area (Å²) in [4.78, 5) is 41.0. The predicted octanol–water partition coefficient (Wildman–Crippen LogP) is 2.90. The fraction of sp³-hybridized carbons (Fsp3) is 0.105. The number of nitrogens with one attached hydrogen (secondary N) is 1. The number of rotatable bonds is 7. The van der Waals surface area contributed by atoms with Gasteiger partial charge in [0.2, 0.25) is 0 Å². The SMILES string of the molecule is COc1ccc(-c2cc(CNC(=O)c3cc([N+](=O)[O-])cc([N+](=O)[O-])c3)ncn2)cc1. The highest BCUT2D eigenvalue weighted by Gasteiger charge is 2.19. The smallest absolute Gasteiger partial charge is 0.277 e. The van der Waals surface area contributed by atoms with Crippen molar-refractivity contribution in [2.75, 3.05) is 7.11 Å². The minimum absolute atomic E-state index is 0.000990. The first-order valence-corrected chi connectivity index (χ1v) is 8.55. The van der Waals surface area contributed by atoms with E-state index in [-0.39, 0.29) is 12.1 Å². The molecule has 1 heterocycles. The second kappa shape index (κ2) is 8.73. The number of methoxy groups -OCH3 is 1. The van der Waals surface area contributed by atoms with E-state index in [2.05, 4.69) is 15.3 Å². The summed E-state index contributed by atoms with van der Waals surface area (Å²) in [6, 6.07) is 11.6. The number of carbonyl (C=O) groups is 1. The van der Waals surface area contributed by atoms with Crippen LogP contribution in [0.4, 0.5) is 11.4 Å². The lowest BCUT2D eigenvalue weighted by Crippen LogP contribution is -2.23. The molecule has 1 N–H and O–H groups in total. The molecule has 152 valence electrons. The summed E-state index contributed by atoms with van der Waals surface area (Å²) in [5.41, 5.74) is 0.656. The van der Waals surface area contributed by atoms with Crippen LogP contribution in [-0.2, 0) is 6.54 Å². The Bertz CT molecular complexity index is 1080. The van der Waals surface area contributed by atoms with Gasteiger partial charge in [0, 0.05) is 17.7 Å². The van der Waals surface area contributed by atoms with Crippen LogP contribution in [0.2, 0.25) is 0 Å². The van der Waals surface area contributed by atoms with Gasteiger partial charge in [-0.2, -0.15) is 0 Å². The number of hydrogen-bond donors (Lipinski definition) is 1. The zero-order chi connectivity index (χ0) is 21.7. The molecule has 0 unspecified atom stereocenters. The molecule has 3 aromatic rings. The van der Waals surface area contributed by atoms with Crippen LogP contribution in [0.1, 0.15) is 16.1 Å². The number of nitro groups is 2. The Morgan fingerprint density at radius 2 is 1.63 bits per heavy atom. The topological polar surface area (TPSA) is 150 Å². The molecule has 0 spiro atoms. The van der Waals surface area contributed by atoms with Crippen LogP contribution in [0.5, 0.6) is 5.75 Å². The first kappa shape index (κ1) is 20.3. The van der Waals surface area contributed by atoms with Gasteiger partial charge in [-0.25, -0.2) is 9.97 Å². The zero-order valence-electron chi connectivity index (χ0n) is 15.6. The Morgan fingerprint density at radius 1 is 1.00 bits per heavy atom. The van der Waals surface area contributed by atoms with Gasteiger partial charge < -0.3 is 10.1 Å². The number of aromatic nitrogens is 2. The van der Waals surface area contributed by atoms with Crippen LogP contribution in [0, 0.1) is 20.2 Å². The summed E-state index contributed by atoms with van der Waals surface area (Å²) in [5.74, 6) is -0.00208. The third-order valence-corrected chi connectivity index (χ3v) is 4.13. The number of hydrogen-bond acceptors (Lipinski definition) is 8. The molecule has 2 aromatic carbocycles. The quantitative estimate of drug-likeness (QED) is 0.462. The van der Waals surface area contributed by atoms with Gasteiger partial charge in [-0.1, -0.05) is 0 Å². The third-order valence-electron chi connectivity index (χ3n) is 4.13. The Labute approximate surface area is 169 Å². The van der Waals surface area contributed by atoms with Crippen molar-refractivity contribution >= 4 is 17.3 Å². The number of benzene rings is 2. The van der Waals surface area contributed by atoms with Crippen molar-refractivity contribution in [3.8, 4) is 17.0 Å². The van der Waals surface area contributed by atoms with Gasteiger partial charge in [-0.3, -0.25) is 25.0 Å². The minimum atomic E-state index is -0.796. The van der Waals surface area contributed by atoms with E-state index in [1.54, 1.807) is 25.3 Å². The largest absolute Gasteiger partial charge is 0.497 e. The molecule has 0 saturated heterocycles. The van der Waals surface area contributed by atoms with Crippen molar-refractivity contribution in [1.29, 1.82) is 0 Å². The van der Waals surface area contributed by atoms with Crippen molar-refractivity contribution in [2.45, 2.75) is 6.54 Å². The lowest BCUT2D eigenvalue weighted by molar-refractivity contribution is -0.394. The molecular formula is C19H15N5O6. The van der Waals surface area contributed by atoms with Crippen LogP contribution in [0.15, 0.2) is 54.9 Å². The molecule has 0 aliphatic heterocycles. The molecule has 11 heteroatoms. The second-order valence-corrected chi connectivity index (χ2v) is 6.06. The fourth-order valence-corrected chi connectivity index (χ4v) is 2.62. The molecule has 0 saturated carbocycles. The molecule has 30 heavy (non-hydrogen) atoms. The molecule has 11 nitrogen and oxygen atoms in total. The average molecular weight is 409 g/mol. The number of carbonyl (C=O) groups excluding carboxylic acids is 1. The van der Waals surface area contributed by atoms with E-state index in [4.69, 9.17) is 4.74 Å². The summed E-state index contributed by atoms with van der Waals surface area (Å²) in [6.45, 7) is 0.000990. The first-order valence-electron chi connectivity index (χ1n) is 8.55. The lowest BCUT2D eigenvalue weighted by Gasteiger charge is -2.07. The summed E-state index contributed by atoms with van der Waals surface area (Å²) in [7, 11) is 1.57. The maximum Gasteiger partial charge on any atom is 0.277 e. The van der Waals surface area contributed by atoms with E-state index in [1.807, 2.05) is 12.1 Å². The summed E-state index contributed by atoms with van der Waals surface area (Å²) >= 11 is 0.